The fourth-order valence-corrected chi connectivity index (χ4v) is 5.88. The van der Waals surface area contributed by atoms with Gasteiger partial charge in [0.1, 0.15) is 5.69 Å². The van der Waals surface area contributed by atoms with Crippen LogP contribution in [0.3, 0.4) is 0 Å². The number of hydrogen-bond donors (Lipinski definition) is 1. The summed E-state index contributed by atoms with van der Waals surface area (Å²) in [5.74, 6) is -0.920. The Morgan fingerprint density at radius 3 is 2.35 bits per heavy atom. The fourth-order valence-electron chi connectivity index (χ4n) is 5.88. The molecule has 1 heterocycles. The number of nitro benzene ring substituents is 1. The summed E-state index contributed by atoms with van der Waals surface area (Å²) in [6, 6.07) is 10.6. The molecular formula is C24H21N3O4. The van der Waals surface area contributed by atoms with E-state index < -0.39 is 4.92 Å². The van der Waals surface area contributed by atoms with Crippen molar-refractivity contribution >= 4 is 34.6 Å². The molecule has 1 saturated heterocycles. The highest BCUT2D eigenvalue weighted by atomic mass is 16.6. The van der Waals surface area contributed by atoms with Crippen LogP contribution in [0.4, 0.5) is 22.7 Å². The summed E-state index contributed by atoms with van der Waals surface area (Å²) in [4.78, 5) is 38.6. The highest BCUT2D eigenvalue weighted by Gasteiger charge is 2.59. The summed E-state index contributed by atoms with van der Waals surface area (Å²) >= 11 is 0. The number of nitrogens with zero attached hydrogens (tertiary/aromatic N) is 2. The lowest BCUT2D eigenvalue weighted by molar-refractivity contribution is -0.383. The molecule has 1 saturated carbocycles. The van der Waals surface area contributed by atoms with E-state index in [0.29, 0.717) is 5.69 Å². The lowest BCUT2D eigenvalue weighted by Crippen LogP contribution is -2.32. The van der Waals surface area contributed by atoms with Crippen LogP contribution in [0.15, 0.2) is 48.6 Å². The van der Waals surface area contributed by atoms with Gasteiger partial charge in [0.25, 0.3) is 5.69 Å². The van der Waals surface area contributed by atoms with Crippen molar-refractivity contribution in [2.75, 3.05) is 10.2 Å². The largest absolute Gasteiger partial charge is 0.350 e. The smallest absolute Gasteiger partial charge is 0.294 e. The molecule has 2 aromatic carbocycles. The maximum atomic E-state index is 13.0. The Hall–Kier alpha value is -3.48. The number of nitro groups is 1. The molecule has 2 fully saturated rings. The highest BCUT2D eigenvalue weighted by Crippen LogP contribution is 2.53. The van der Waals surface area contributed by atoms with Gasteiger partial charge in [0.15, 0.2) is 0 Å². The van der Waals surface area contributed by atoms with Crippen molar-refractivity contribution in [3.05, 3.63) is 69.8 Å². The minimum atomic E-state index is -0.476. The summed E-state index contributed by atoms with van der Waals surface area (Å²) in [6.45, 7) is 0. The molecule has 0 aromatic heterocycles. The number of anilines is 3. The van der Waals surface area contributed by atoms with Crippen molar-refractivity contribution in [2.45, 2.75) is 25.7 Å². The molecule has 31 heavy (non-hydrogen) atoms. The first-order valence-electron chi connectivity index (χ1n) is 10.7. The fraction of sp³-hybridized carbons (Fsp3) is 0.333. The second-order valence-electron chi connectivity index (χ2n) is 8.93. The van der Waals surface area contributed by atoms with Gasteiger partial charge in [-0.1, -0.05) is 18.2 Å². The van der Waals surface area contributed by atoms with E-state index in [0.717, 1.165) is 36.3 Å². The number of hydrogen-bond acceptors (Lipinski definition) is 5. The van der Waals surface area contributed by atoms with Gasteiger partial charge in [-0.2, -0.15) is 0 Å². The summed E-state index contributed by atoms with van der Waals surface area (Å²) < 4.78 is 0. The van der Waals surface area contributed by atoms with Crippen molar-refractivity contribution in [2.24, 2.45) is 23.7 Å². The van der Waals surface area contributed by atoms with Crippen LogP contribution < -0.4 is 10.2 Å². The number of rotatable bonds is 4. The molecule has 2 bridgehead atoms. The average Bonchev–Trinajstić information content (AvgIpc) is 3.52. The van der Waals surface area contributed by atoms with E-state index in [-0.39, 0.29) is 46.9 Å². The zero-order chi connectivity index (χ0) is 21.3. The number of allylic oxidation sites excluding steroid dienone is 2. The highest BCUT2D eigenvalue weighted by molar-refractivity contribution is 6.23. The first-order valence-corrected chi connectivity index (χ1v) is 10.7. The maximum absolute atomic E-state index is 13.0. The van der Waals surface area contributed by atoms with Gasteiger partial charge >= 0.3 is 0 Å². The van der Waals surface area contributed by atoms with E-state index >= 15 is 0 Å². The zero-order valence-electron chi connectivity index (χ0n) is 16.8. The molecule has 2 aromatic rings. The van der Waals surface area contributed by atoms with E-state index in [1.165, 1.54) is 17.2 Å². The number of amides is 2. The zero-order valence-corrected chi connectivity index (χ0v) is 16.8. The molecule has 0 radical (unpaired) electrons. The monoisotopic (exact) mass is 415 g/mol. The predicted octanol–water partition coefficient (Wildman–Crippen LogP) is 4.14. The minimum absolute atomic E-state index is 0.104. The van der Waals surface area contributed by atoms with Crippen LogP contribution in [0.5, 0.6) is 0 Å². The quantitative estimate of drug-likeness (QED) is 0.351. The van der Waals surface area contributed by atoms with E-state index in [1.807, 2.05) is 24.3 Å². The van der Waals surface area contributed by atoms with Crippen molar-refractivity contribution in [3.8, 4) is 0 Å². The van der Waals surface area contributed by atoms with Crippen molar-refractivity contribution in [3.63, 3.8) is 0 Å². The number of nitrogens with one attached hydrogen (secondary N) is 1. The molecule has 1 N–H and O–H groups in total. The Kier molecular flexibility index (Phi) is 3.84. The second kappa shape index (κ2) is 6.51. The van der Waals surface area contributed by atoms with E-state index in [9.17, 15) is 19.7 Å². The lowest BCUT2D eigenvalue weighted by Gasteiger charge is -2.18. The van der Waals surface area contributed by atoms with Gasteiger partial charge in [0.2, 0.25) is 11.8 Å². The average molecular weight is 415 g/mol. The molecule has 3 aliphatic carbocycles. The van der Waals surface area contributed by atoms with Crippen molar-refractivity contribution in [1.82, 2.24) is 0 Å². The third-order valence-electron chi connectivity index (χ3n) is 7.28. The van der Waals surface area contributed by atoms with Crippen LogP contribution >= 0.6 is 0 Å². The molecule has 156 valence electrons. The third kappa shape index (κ3) is 2.65. The molecule has 7 nitrogen and oxygen atoms in total. The first-order chi connectivity index (χ1) is 15.0. The SMILES string of the molecule is O=C1C2C3C=CC(C3)C2C(=O)N1c1ccc(Nc2ccc3c(c2)CCC3)c([N+](=O)[O-])c1. The molecule has 4 unspecified atom stereocenters. The molecule has 4 atom stereocenters. The van der Waals surface area contributed by atoms with Crippen LogP contribution in [0.1, 0.15) is 24.0 Å². The summed E-state index contributed by atoms with van der Waals surface area (Å²) in [7, 11) is 0. The Balaban J connectivity index is 1.32. The molecule has 6 rings (SSSR count). The second-order valence-corrected chi connectivity index (χ2v) is 8.93. The van der Waals surface area contributed by atoms with Gasteiger partial charge in [-0.05, 0) is 72.9 Å². The molecule has 0 spiro atoms. The summed E-state index contributed by atoms with van der Waals surface area (Å²) in [5, 5.41) is 15.0. The number of carbonyl (C=O) groups is 2. The molecular weight excluding hydrogens is 394 g/mol. The lowest BCUT2D eigenvalue weighted by atomic mass is 9.85. The van der Waals surface area contributed by atoms with Crippen LogP contribution in [0.2, 0.25) is 0 Å². The number of imide groups is 1. The molecule has 2 amide bonds. The topological polar surface area (TPSA) is 92.6 Å². The third-order valence-corrected chi connectivity index (χ3v) is 7.28. The molecule has 1 aliphatic heterocycles. The normalized spacial score (nSPS) is 27.7. The van der Waals surface area contributed by atoms with Crippen molar-refractivity contribution in [1.29, 1.82) is 0 Å². The van der Waals surface area contributed by atoms with Gasteiger partial charge in [-0.25, -0.2) is 4.90 Å². The van der Waals surface area contributed by atoms with Crippen LogP contribution in [0, 0.1) is 33.8 Å². The predicted molar refractivity (Wildman–Crippen MR) is 115 cm³/mol. The van der Waals surface area contributed by atoms with Gasteiger partial charge in [-0.15, -0.1) is 0 Å². The number of benzene rings is 2. The molecule has 7 heteroatoms. The Morgan fingerprint density at radius 1 is 0.935 bits per heavy atom. The Morgan fingerprint density at radius 2 is 1.65 bits per heavy atom. The van der Waals surface area contributed by atoms with Crippen molar-refractivity contribution < 1.29 is 14.5 Å². The Bertz CT molecular complexity index is 1160. The standard InChI is InChI=1S/C24H21N3O4/c28-23-21-15-4-5-16(10-15)22(21)24(29)26(23)18-8-9-19(20(12-18)27(30)31)25-17-7-6-13-2-1-3-14(13)11-17/h4-9,11-12,15-16,21-22,25H,1-3,10H2. The number of carbonyl (C=O) groups excluding carboxylic acids is 2. The summed E-state index contributed by atoms with van der Waals surface area (Å²) in [5.41, 5.74) is 3.85. The van der Waals surface area contributed by atoms with Gasteiger partial charge < -0.3 is 5.32 Å². The van der Waals surface area contributed by atoms with Crippen LogP contribution in [-0.4, -0.2) is 16.7 Å². The maximum Gasteiger partial charge on any atom is 0.294 e. The minimum Gasteiger partial charge on any atom is -0.350 e. The van der Waals surface area contributed by atoms with Gasteiger partial charge in [0, 0.05) is 11.8 Å². The van der Waals surface area contributed by atoms with E-state index in [4.69, 9.17) is 0 Å². The van der Waals surface area contributed by atoms with Crippen LogP contribution in [-0.2, 0) is 22.4 Å². The van der Waals surface area contributed by atoms with Gasteiger partial charge in [-0.3, -0.25) is 19.7 Å². The number of aryl methyl sites for hydroxylation is 2. The van der Waals surface area contributed by atoms with E-state index in [2.05, 4.69) is 11.4 Å². The first kappa shape index (κ1) is 18.3. The van der Waals surface area contributed by atoms with Crippen LogP contribution in [0.25, 0.3) is 0 Å². The number of fused-ring (bicyclic) bond motifs is 6. The Labute approximate surface area is 178 Å². The van der Waals surface area contributed by atoms with E-state index in [1.54, 1.807) is 12.1 Å². The summed E-state index contributed by atoms with van der Waals surface area (Å²) in [6.07, 6.45) is 8.14. The van der Waals surface area contributed by atoms with Gasteiger partial charge in [0.05, 0.1) is 22.4 Å². The molecule has 4 aliphatic rings.